The standard InChI is InChI=1S/C11H8ClN3.C7H10O4/c12-6-3-8-7-1-2-14-5-10(7)15-11(8)9(13)4-6;1-7(2)4(6(9)10)3-5(8)11-7/h1-5,15H,13H2;4H,3H2,1-2H3,(H,9,10). The van der Waals surface area contributed by atoms with Gasteiger partial charge in [0.1, 0.15) is 11.5 Å². The molecule has 7 nitrogen and oxygen atoms in total. The van der Waals surface area contributed by atoms with Gasteiger partial charge in [-0.2, -0.15) is 0 Å². The molecular weight excluding hydrogens is 358 g/mol. The Morgan fingerprint density at radius 1 is 1.42 bits per heavy atom. The third-order valence-corrected chi connectivity index (χ3v) is 4.61. The fourth-order valence-corrected chi connectivity index (χ4v) is 3.27. The van der Waals surface area contributed by atoms with E-state index in [1.807, 2.05) is 12.1 Å². The first-order valence-electron chi connectivity index (χ1n) is 7.94. The highest BCUT2D eigenvalue weighted by Gasteiger charge is 2.46. The Morgan fingerprint density at radius 3 is 2.73 bits per heavy atom. The number of carbonyl (C=O) groups excluding carboxylic acids is 1. The Bertz CT molecular complexity index is 1010. The lowest BCUT2D eigenvalue weighted by Gasteiger charge is -2.20. The minimum atomic E-state index is -0.971. The number of aromatic amines is 1. The second-order valence-corrected chi connectivity index (χ2v) is 7.07. The molecule has 0 radical (unpaired) electrons. The van der Waals surface area contributed by atoms with Gasteiger partial charge in [-0.05, 0) is 32.0 Å². The monoisotopic (exact) mass is 375 g/mol. The van der Waals surface area contributed by atoms with E-state index >= 15 is 0 Å². The van der Waals surface area contributed by atoms with Crippen molar-refractivity contribution in [2.45, 2.75) is 25.9 Å². The van der Waals surface area contributed by atoms with Crippen molar-refractivity contribution in [1.82, 2.24) is 9.97 Å². The summed E-state index contributed by atoms with van der Waals surface area (Å²) in [7, 11) is 0. The Hall–Kier alpha value is -2.80. The van der Waals surface area contributed by atoms with Crippen LogP contribution < -0.4 is 5.73 Å². The van der Waals surface area contributed by atoms with Crippen LogP contribution in [0.3, 0.4) is 0 Å². The largest absolute Gasteiger partial charge is 0.481 e. The van der Waals surface area contributed by atoms with E-state index in [0.29, 0.717) is 10.7 Å². The number of aliphatic carboxylic acids is 1. The summed E-state index contributed by atoms with van der Waals surface area (Å²) in [6.45, 7) is 3.22. The fourth-order valence-electron chi connectivity index (χ4n) is 3.05. The zero-order valence-corrected chi connectivity index (χ0v) is 15.0. The van der Waals surface area contributed by atoms with Crippen molar-refractivity contribution in [2.75, 3.05) is 5.73 Å². The van der Waals surface area contributed by atoms with Gasteiger partial charge in [0, 0.05) is 22.0 Å². The maximum Gasteiger partial charge on any atom is 0.311 e. The first-order valence-corrected chi connectivity index (χ1v) is 8.32. The van der Waals surface area contributed by atoms with Crippen LogP contribution in [-0.4, -0.2) is 32.6 Å². The average Bonchev–Trinajstić information content (AvgIpc) is 3.05. The van der Waals surface area contributed by atoms with Crippen LogP contribution in [0.1, 0.15) is 20.3 Å². The predicted molar refractivity (Wildman–Crippen MR) is 98.9 cm³/mol. The maximum atomic E-state index is 10.7. The van der Waals surface area contributed by atoms with Crippen molar-refractivity contribution in [3.05, 3.63) is 35.6 Å². The molecule has 1 unspecified atom stereocenters. The van der Waals surface area contributed by atoms with Crippen molar-refractivity contribution < 1.29 is 19.4 Å². The summed E-state index contributed by atoms with van der Waals surface area (Å²) in [5, 5.41) is 11.4. The molecule has 1 atom stereocenters. The number of cyclic esters (lactones) is 1. The van der Waals surface area contributed by atoms with Gasteiger partial charge in [-0.25, -0.2) is 0 Å². The molecule has 0 saturated carbocycles. The van der Waals surface area contributed by atoms with Gasteiger partial charge in [-0.3, -0.25) is 14.6 Å². The highest BCUT2D eigenvalue weighted by Crippen LogP contribution is 2.32. The summed E-state index contributed by atoms with van der Waals surface area (Å²) in [5.41, 5.74) is 7.59. The van der Waals surface area contributed by atoms with Crippen molar-refractivity contribution in [3.63, 3.8) is 0 Å². The van der Waals surface area contributed by atoms with Crippen LogP contribution in [0.15, 0.2) is 30.6 Å². The predicted octanol–water partition coefficient (Wildman–Crippen LogP) is 3.36. The van der Waals surface area contributed by atoms with Gasteiger partial charge in [0.2, 0.25) is 0 Å². The number of carboxylic acid groups (broad SMARTS) is 1. The second-order valence-electron chi connectivity index (χ2n) is 6.64. The molecule has 1 aliphatic heterocycles. The number of nitrogens with zero attached hydrogens (tertiary/aromatic N) is 1. The van der Waals surface area contributed by atoms with E-state index in [-0.39, 0.29) is 6.42 Å². The van der Waals surface area contributed by atoms with Gasteiger partial charge in [0.25, 0.3) is 0 Å². The van der Waals surface area contributed by atoms with Crippen LogP contribution in [0.4, 0.5) is 5.69 Å². The molecule has 1 aromatic carbocycles. The Kier molecular flexibility index (Phi) is 4.50. The van der Waals surface area contributed by atoms with E-state index in [0.717, 1.165) is 21.8 Å². The maximum absolute atomic E-state index is 10.7. The van der Waals surface area contributed by atoms with E-state index in [4.69, 9.17) is 27.2 Å². The van der Waals surface area contributed by atoms with E-state index in [9.17, 15) is 9.59 Å². The molecule has 136 valence electrons. The van der Waals surface area contributed by atoms with E-state index in [1.54, 1.807) is 32.3 Å². The van der Waals surface area contributed by atoms with Crippen LogP contribution in [-0.2, 0) is 14.3 Å². The molecule has 26 heavy (non-hydrogen) atoms. The number of pyridine rings is 1. The lowest BCUT2D eigenvalue weighted by molar-refractivity contribution is -0.150. The number of halogens is 1. The van der Waals surface area contributed by atoms with Gasteiger partial charge in [-0.1, -0.05) is 11.6 Å². The molecule has 0 bridgehead atoms. The molecule has 0 amide bonds. The van der Waals surface area contributed by atoms with Crippen LogP contribution >= 0.6 is 11.6 Å². The normalized spacial score (nSPS) is 18.4. The molecule has 0 aliphatic carbocycles. The van der Waals surface area contributed by atoms with Gasteiger partial charge >= 0.3 is 11.9 Å². The SMILES string of the molecule is CC1(C)OC(=O)CC1C(=O)O.Nc1cc(Cl)cc2c1[nH]c1cnccc12. The number of hydrogen-bond acceptors (Lipinski definition) is 5. The summed E-state index contributed by atoms with van der Waals surface area (Å²) in [4.78, 5) is 28.5. The smallest absolute Gasteiger partial charge is 0.311 e. The number of ether oxygens (including phenoxy) is 1. The zero-order chi connectivity index (χ0) is 19.1. The van der Waals surface area contributed by atoms with Gasteiger partial charge in [0.15, 0.2) is 0 Å². The minimum Gasteiger partial charge on any atom is -0.481 e. The molecule has 1 saturated heterocycles. The zero-order valence-electron chi connectivity index (χ0n) is 14.2. The van der Waals surface area contributed by atoms with E-state index in [1.165, 1.54) is 0 Å². The van der Waals surface area contributed by atoms with Gasteiger partial charge in [0.05, 0.1) is 29.3 Å². The molecule has 1 fully saturated rings. The van der Waals surface area contributed by atoms with Crippen molar-refractivity contribution in [3.8, 4) is 0 Å². The number of nitrogens with two attached hydrogens (primary N) is 1. The lowest BCUT2D eigenvalue weighted by Crippen LogP contribution is -2.32. The Labute approximate surface area is 154 Å². The molecule has 3 heterocycles. The first kappa shape index (κ1) is 18.0. The number of nitrogen functional groups attached to an aromatic ring is 1. The third kappa shape index (κ3) is 3.30. The number of carboxylic acids is 1. The van der Waals surface area contributed by atoms with Crippen LogP contribution in [0.25, 0.3) is 21.8 Å². The Morgan fingerprint density at radius 2 is 2.15 bits per heavy atom. The summed E-state index contributed by atoms with van der Waals surface area (Å²) < 4.78 is 4.80. The first-order chi connectivity index (χ1) is 12.2. The van der Waals surface area contributed by atoms with Crippen LogP contribution in [0.2, 0.25) is 5.02 Å². The number of rotatable bonds is 1. The molecule has 8 heteroatoms. The van der Waals surface area contributed by atoms with Crippen molar-refractivity contribution in [1.29, 1.82) is 0 Å². The Balaban J connectivity index is 0.000000160. The van der Waals surface area contributed by atoms with Crippen molar-refractivity contribution >= 4 is 51.0 Å². The third-order valence-electron chi connectivity index (χ3n) is 4.39. The molecule has 0 spiro atoms. The number of anilines is 1. The number of esters is 1. The summed E-state index contributed by atoms with van der Waals surface area (Å²) >= 11 is 5.97. The number of H-pyrrole nitrogens is 1. The summed E-state index contributed by atoms with van der Waals surface area (Å²) in [6.07, 6.45) is 3.53. The number of hydrogen-bond donors (Lipinski definition) is 3. The van der Waals surface area contributed by atoms with Crippen LogP contribution in [0, 0.1) is 5.92 Å². The number of fused-ring (bicyclic) bond motifs is 3. The topological polar surface area (TPSA) is 118 Å². The highest BCUT2D eigenvalue weighted by atomic mass is 35.5. The molecule has 2 aromatic heterocycles. The summed E-state index contributed by atoms with van der Waals surface area (Å²) in [6, 6.07) is 5.60. The van der Waals surface area contributed by atoms with Crippen molar-refractivity contribution in [2.24, 2.45) is 5.92 Å². The average molecular weight is 376 g/mol. The molecule has 1 aliphatic rings. The van der Waals surface area contributed by atoms with E-state index < -0.39 is 23.5 Å². The van der Waals surface area contributed by atoms with Gasteiger partial charge < -0.3 is 20.6 Å². The molecule has 4 rings (SSSR count). The highest BCUT2D eigenvalue weighted by molar-refractivity contribution is 6.32. The van der Waals surface area contributed by atoms with E-state index in [2.05, 4.69) is 9.97 Å². The summed E-state index contributed by atoms with van der Waals surface area (Å²) in [5.74, 6) is -2.10. The molecular formula is C18H18ClN3O4. The second kappa shape index (κ2) is 6.49. The number of nitrogens with one attached hydrogen (secondary N) is 1. The van der Waals surface area contributed by atoms with Gasteiger partial charge in [-0.15, -0.1) is 0 Å². The number of aromatic nitrogens is 2. The fraction of sp³-hybridized carbons (Fsp3) is 0.278. The number of benzene rings is 1. The minimum absolute atomic E-state index is 0.0116. The molecule has 3 aromatic rings. The lowest BCUT2D eigenvalue weighted by atomic mass is 9.91. The van der Waals surface area contributed by atoms with Crippen LogP contribution in [0.5, 0.6) is 0 Å². The number of carbonyl (C=O) groups is 2. The quantitative estimate of drug-likeness (QED) is 0.443. The molecule has 4 N–H and O–H groups in total.